The van der Waals surface area contributed by atoms with Gasteiger partial charge in [0.05, 0.1) is 0 Å². The molecule has 0 bridgehead atoms. The molecule has 0 aliphatic carbocycles. The zero-order valence-corrected chi connectivity index (χ0v) is 11.3. The quantitative estimate of drug-likeness (QED) is 0.651. The minimum absolute atomic E-state index is 0.344. The fourth-order valence-electron chi connectivity index (χ4n) is 2.04. The molecule has 0 saturated heterocycles. The van der Waals surface area contributed by atoms with Gasteiger partial charge in [-0.15, -0.1) is 0 Å². The van der Waals surface area contributed by atoms with Gasteiger partial charge >= 0.3 is 0 Å². The van der Waals surface area contributed by atoms with Crippen LogP contribution in [-0.4, -0.2) is 11.7 Å². The Bertz CT molecular complexity index is 536. The summed E-state index contributed by atoms with van der Waals surface area (Å²) in [5, 5.41) is 13.3. The predicted molar refractivity (Wildman–Crippen MR) is 83.4 cm³/mol. The molecule has 1 nitrogen and oxygen atoms in total. The number of rotatable bonds is 2. The van der Waals surface area contributed by atoms with Crippen molar-refractivity contribution in [2.75, 3.05) is 6.61 Å². The molecule has 0 aliphatic rings. The first-order valence-corrected chi connectivity index (χ1v) is 6.83. The lowest BCUT2D eigenvalue weighted by Gasteiger charge is -2.00. The molecule has 0 unspecified atom stereocenters. The van der Waals surface area contributed by atoms with E-state index in [-0.39, 0.29) is 0 Å². The van der Waals surface area contributed by atoms with Gasteiger partial charge in [0.1, 0.15) is 0 Å². The van der Waals surface area contributed by atoms with Gasteiger partial charge in [0.25, 0.3) is 0 Å². The summed E-state index contributed by atoms with van der Waals surface area (Å²) in [6.45, 7) is 2.40. The third kappa shape index (κ3) is 3.55. The van der Waals surface area contributed by atoms with Crippen LogP contribution in [0.5, 0.6) is 0 Å². The Morgan fingerprint density at radius 1 is 0.737 bits per heavy atom. The van der Waals surface area contributed by atoms with E-state index < -0.39 is 0 Å². The smallest absolute Gasteiger partial charge is 0.0430 e. The van der Waals surface area contributed by atoms with Crippen LogP contribution < -0.4 is 0 Å². The zero-order chi connectivity index (χ0) is 13.5. The van der Waals surface area contributed by atoms with E-state index in [1.54, 1.807) is 0 Å². The lowest BCUT2D eigenvalue weighted by Crippen LogP contribution is -1.75. The van der Waals surface area contributed by atoms with Gasteiger partial charge in [-0.2, -0.15) is 0 Å². The minimum atomic E-state index is 0.344. The number of aliphatic hydroxyl groups is 1. The highest BCUT2D eigenvalue weighted by molar-refractivity contribution is 5.98. The molecule has 3 aromatic rings. The van der Waals surface area contributed by atoms with Crippen molar-refractivity contribution in [2.24, 2.45) is 0 Å². The van der Waals surface area contributed by atoms with Gasteiger partial charge in [-0.1, -0.05) is 61.9 Å². The fourth-order valence-corrected chi connectivity index (χ4v) is 2.04. The minimum Gasteiger partial charge on any atom is -0.396 e. The van der Waals surface area contributed by atoms with Crippen molar-refractivity contribution in [3.8, 4) is 0 Å². The maximum absolute atomic E-state index is 8.07. The third-order valence-corrected chi connectivity index (χ3v) is 3.13. The number of benzene rings is 3. The van der Waals surface area contributed by atoms with Crippen molar-refractivity contribution in [3.05, 3.63) is 60.7 Å². The molecule has 1 heteroatoms. The second-order valence-corrected chi connectivity index (χ2v) is 4.62. The number of unbranched alkanes of at least 4 members (excludes halogenated alkanes) is 1. The van der Waals surface area contributed by atoms with Gasteiger partial charge in [-0.3, -0.25) is 0 Å². The fraction of sp³-hybridized carbons (Fsp3) is 0.222. The van der Waals surface area contributed by atoms with Crippen LogP contribution in [0, 0.1) is 0 Å². The number of aliphatic hydroxyl groups excluding tert-OH is 1. The first-order chi connectivity index (χ1) is 9.35. The summed E-state index contributed by atoms with van der Waals surface area (Å²) < 4.78 is 0. The Labute approximate surface area is 114 Å². The Hall–Kier alpha value is -1.86. The normalized spacial score (nSPS) is 10.2. The average Bonchev–Trinajstić information content (AvgIpc) is 2.46. The Morgan fingerprint density at radius 2 is 1.11 bits per heavy atom. The number of fused-ring (bicyclic) bond motifs is 2. The molecule has 0 heterocycles. The van der Waals surface area contributed by atoms with Crippen molar-refractivity contribution in [2.45, 2.75) is 19.8 Å². The summed E-state index contributed by atoms with van der Waals surface area (Å²) in [6, 6.07) is 21.4. The van der Waals surface area contributed by atoms with E-state index in [9.17, 15) is 0 Å². The predicted octanol–water partition coefficient (Wildman–Crippen LogP) is 4.77. The number of hydrogen-bond donors (Lipinski definition) is 1. The molecular formula is C18H20O. The third-order valence-electron chi connectivity index (χ3n) is 3.13. The van der Waals surface area contributed by atoms with Crippen LogP contribution in [0.15, 0.2) is 60.7 Å². The molecule has 3 aromatic carbocycles. The van der Waals surface area contributed by atoms with E-state index in [0.717, 1.165) is 12.8 Å². The second kappa shape index (κ2) is 6.91. The van der Waals surface area contributed by atoms with Crippen LogP contribution >= 0.6 is 0 Å². The van der Waals surface area contributed by atoms with E-state index in [1.165, 1.54) is 21.5 Å². The van der Waals surface area contributed by atoms with Crippen LogP contribution in [0.3, 0.4) is 0 Å². The van der Waals surface area contributed by atoms with Crippen LogP contribution in [0.2, 0.25) is 0 Å². The average molecular weight is 252 g/mol. The zero-order valence-electron chi connectivity index (χ0n) is 11.3. The number of hydrogen-bond acceptors (Lipinski definition) is 1. The van der Waals surface area contributed by atoms with E-state index in [0.29, 0.717) is 6.61 Å². The Kier molecular flexibility index (Phi) is 4.93. The van der Waals surface area contributed by atoms with Crippen molar-refractivity contribution in [1.29, 1.82) is 0 Å². The monoisotopic (exact) mass is 252 g/mol. The first kappa shape index (κ1) is 13.6. The molecule has 0 radical (unpaired) electrons. The summed E-state index contributed by atoms with van der Waals surface area (Å²) in [5.74, 6) is 0. The molecule has 0 amide bonds. The van der Waals surface area contributed by atoms with Crippen LogP contribution in [0.1, 0.15) is 19.8 Å². The van der Waals surface area contributed by atoms with E-state index in [2.05, 4.69) is 67.6 Å². The largest absolute Gasteiger partial charge is 0.396 e. The molecule has 19 heavy (non-hydrogen) atoms. The lowest BCUT2D eigenvalue weighted by atomic mass is 10.0. The molecule has 98 valence electrons. The maximum Gasteiger partial charge on any atom is 0.0430 e. The molecule has 1 N–H and O–H groups in total. The summed E-state index contributed by atoms with van der Waals surface area (Å²) in [5.41, 5.74) is 0. The molecule has 3 rings (SSSR count). The molecule has 0 atom stereocenters. The highest BCUT2D eigenvalue weighted by Gasteiger charge is 1.95. The molecule has 0 fully saturated rings. The SMILES string of the molecule is CCCCO.c1ccc2cc3ccccc3cc2c1. The van der Waals surface area contributed by atoms with Crippen LogP contribution in [-0.2, 0) is 0 Å². The molecule has 0 saturated carbocycles. The summed E-state index contributed by atoms with van der Waals surface area (Å²) in [4.78, 5) is 0. The van der Waals surface area contributed by atoms with Gasteiger partial charge in [0.15, 0.2) is 0 Å². The molecule has 0 aliphatic heterocycles. The van der Waals surface area contributed by atoms with E-state index >= 15 is 0 Å². The van der Waals surface area contributed by atoms with Crippen LogP contribution in [0.25, 0.3) is 21.5 Å². The van der Waals surface area contributed by atoms with E-state index in [1.807, 2.05) is 0 Å². The van der Waals surface area contributed by atoms with Gasteiger partial charge in [-0.25, -0.2) is 0 Å². The molecule has 0 aromatic heterocycles. The highest BCUT2D eigenvalue weighted by Crippen LogP contribution is 2.21. The summed E-state index contributed by atoms with van der Waals surface area (Å²) in [6.07, 6.45) is 2.04. The van der Waals surface area contributed by atoms with Gasteiger partial charge in [-0.05, 0) is 40.1 Å². The lowest BCUT2D eigenvalue weighted by molar-refractivity contribution is 0.287. The highest BCUT2D eigenvalue weighted by atomic mass is 16.2. The van der Waals surface area contributed by atoms with Crippen molar-refractivity contribution in [3.63, 3.8) is 0 Å². The van der Waals surface area contributed by atoms with Gasteiger partial charge in [0, 0.05) is 6.61 Å². The summed E-state index contributed by atoms with van der Waals surface area (Å²) in [7, 11) is 0. The van der Waals surface area contributed by atoms with Crippen molar-refractivity contribution >= 4 is 21.5 Å². The van der Waals surface area contributed by atoms with E-state index in [4.69, 9.17) is 5.11 Å². The maximum atomic E-state index is 8.07. The molecule has 0 spiro atoms. The molecular weight excluding hydrogens is 232 g/mol. The Morgan fingerprint density at radius 3 is 1.32 bits per heavy atom. The van der Waals surface area contributed by atoms with Crippen LogP contribution in [0.4, 0.5) is 0 Å². The van der Waals surface area contributed by atoms with Gasteiger partial charge < -0.3 is 5.11 Å². The summed E-state index contributed by atoms with van der Waals surface area (Å²) >= 11 is 0. The standard InChI is InChI=1S/C14H10.C4H10O/c1-2-6-12-10-14-8-4-3-7-13(14)9-11(12)5-1;1-2-3-4-5/h1-10H;5H,2-4H2,1H3. The van der Waals surface area contributed by atoms with Gasteiger partial charge in [0.2, 0.25) is 0 Å². The van der Waals surface area contributed by atoms with Crippen molar-refractivity contribution < 1.29 is 5.11 Å². The first-order valence-electron chi connectivity index (χ1n) is 6.83. The Balaban J connectivity index is 0.000000232. The second-order valence-electron chi connectivity index (χ2n) is 4.62. The topological polar surface area (TPSA) is 20.2 Å². The van der Waals surface area contributed by atoms with Crippen molar-refractivity contribution in [1.82, 2.24) is 0 Å².